The molecule has 1 aromatic heterocycles. The van der Waals surface area contributed by atoms with E-state index in [4.69, 9.17) is 11.6 Å². The first-order valence-electron chi connectivity index (χ1n) is 7.97. The van der Waals surface area contributed by atoms with Crippen LogP contribution in [0.2, 0.25) is 5.02 Å². The van der Waals surface area contributed by atoms with Crippen LogP contribution in [0.3, 0.4) is 0 Å². The summed E-state index contributed by atoms with van der Waals surface area (Å²) in [5, 5.41) is 20.8. The van der Waals surface area contributed by atoms with Crippen LogP contribution in [0, 0.1) is 10.1 Å². The predicted molar refractivity (Wildman–Crippen MR) is 93.9 cm³/mol. The van der Waals surface area contributed by atoms with Crippen molar-refractivity contribution in [1.29, 1.82) is 0 Å². The first-order valence-corrected chi connectivity index (χ1v) is 10.2. The van der Waals surface area contributed by atoms with Gasteiger partial charge in [0.1, 0.15) is 16.9 Å². The number of hydrogen-bond donors (Lipinski definition) is 2. The van der Waals surface area contributed by atoms with Crippen LogP contribution in [0.15, 0.2) is 12.1 Å². The van der Waals surface area contributed by atoms with Crippen LogP contribution in [0.4, 0.5) is 32.0 Å². The van der Waals surface area contributed by atoms with Crippen LogP contribution >= 0.6 is 11.6 Å². The van der Waals surface area contributed by atoms with Crippen LogP contribution < -0.4 is 0 Å². The molecule has 0 aliphatic carbocycles. The molecule has 30 heavy (non-hydrogen) atoms. The SMILES string of the molecule is CCC(O)(CS(=O)(=O)CC(F)(F)F)c1[nH]c2cc(C(F)(F)F)c([N+](=O)[O-])cc2c1Cl. The van der Waals surface area contributed by atoms with Crippen LogP contribution in [0.1, 0.15) is 24.6 Å². The highest BCUT2D eigenvalue weighted by Crippen LogP contribution is 2.43. The lowest BCUT2D eigenvalue weighted by Crippen LogP contribution is -2.38. The molecular formula is C15H13ClF6N2O5S. The van der Waals surface area contributed by atoms with Gasteiger partial charge < -0.3 is 10.1 Å². The Morgan fingerprint density at radius 2 is 1.73 bits per heavy atom. The van der Waals surface area contributed by atoms with E-state index in [2.05, 4.69) is 4.98 Å². The molecule has 2 N–H and O–H groups in total. The zero-order valence-electron chi connectivity index (χ0n) is 14.9. The van der Waals surface area contributed by atoms with Crippen LogP contribution in [-0.2, 0) is 21.6 Å². The van der Waals surface area contributed by atoms with Crippen LogP contribution in [0.25, 0.3) is 10.9 Å². The van der Waals surface area contributed by atoms with E-state index in [1.807, 2.05) is 0 Å². The fraction of sp³-hybridized carbons (Fsp3) is 0.467. The van der Waals surface area contributed by atoms with Crippen molar-refractivity contribution in [2.45, 2.75) is 31.3 Å². The molecule has 15 heteroatoms. The summed E-state index contributed by atoms with van der Waals surface area (Å²) >= 11 is 6.01. The number of hydrogen-bond acceptors (Lipinski definition) is 5. The van der Waals surface area contributed by atoms with Crippen molar-refractivity contribution in [2.75, 3.05) is 11.5 Å². The number of fused-ring (bicyclic) bond motifs is 1. The number of nitro groups is 1. The molecule has 1 unspecified atom stereocenters. The Bertz CT molecular complexity index is 1100. The average Bonchev–Trinajstić information content (AvgIpc) is 2.87. The number of aliphatic hydroxyl groups is 1. The molecule has 1 aromatic carbocycles. The van der Waals surface area contributed by atoms with Crippen molar-refractivity contribution in [3.63, 3.8) is 0 Å². The Morgan fingerprint density at radius 3 is 2.17 bits per heavy atom. The third kappa shape index (κ3) is 4.98. The van der Waals surface area contributed by atoms with Crippen molar-refractivity contribution in [3.05, 3.63) is 38.5 Å². The summed E-state index contributed by atoms with van der Waals surface area (Å²) in [7, 11) is -4.91. The standard InChI is InChI=1S/C15H13ClF6N2O5S/c1-2-13(25,5-30(28,29)6-14(17,18)19)12-11(16)7-3-10(24(26)27)8(15(20,21)22)4-9(7)23-12/h3-4,23,25H,2,5-6H2,1H3. The molecule has 0 saturated heterocycles. The molecule has 0 bridgehead atoms. The van der Waals surface area contributed by atoms with Crippen molar-refractivity contribution >= 4 is 38.0 Å². The maximum absolute atomic E-state index is 13.1. The highest BCUT2D eigenvalue weighted by Gasteiger charge is 2.43. The normalized spacial score (nSPS) is 15.4. The number of aromatic amines is 1. The van der Waals surface area contributed by atoms with E-state index < -0.39 is 78.1 Å². The summed E-state index contributed by atoms with van der Waals surface area (Å²) in [6, 6.07) is 0.837. The number of aromatic nitrogens is 1. The third-order valence-corrected chi connectivity index (χ3v) is 6.32. The number of H-pyrrole nitrogens is 1. The molecule has 2 aromatic rings. The van der Waals surface area contributed by atoms with E-state index in [0.717, 1.165) is 0 Å². The maximum Gasteiger partial charge on any atom is 0.423 e. The fourth-order valence-corrected chi connectivity index (χ4v) is 4.97. The highest BCUT2D eigenvalue weighted by molar-refractivity contribution is 7.91. The minimum absolute atomic E-state index is 0.341. The number of rotatable bonds is 6. The van der Waals surface area contributed by atoms with Crippen molar-refractivity contribution in [3.8, 4) is 0 Å². The lowest BCUT2D eigenvalue weighted by molar-refractivity contribution is -0.387. The lowest BCUT2D eigenvalue weighted by Gasteiger charge is -2.26. The van der Waals surface area contributed by atoms with E-state index in [1.165, 1.54) is 6.92 Å². The van der Waals surface area contributed by atoms with Gasteiger partial charge in [-0.3, -0.25) is 10.1 Å². The molecule has 0 aliphatic rings. The number of nitro benzene ring substituents is 1. The quantitative estimate of drug-likeness (QED) is 0.361. The molecule has 0 radical (unpaired) electrons. The molecule has 7 nitrogen and oxygen atoms in total. The van der Waals surface area contributed by atoms with Gasteiger partial charge in [0.15, 0.2) is 9.84 Å². The lowest BCUT2D eigenvalue weighted by atomic mass is 9.99. The number of alkyl halides is 6. The van der Waals surface area contributed by atoms with Gasteiger partial charge in [0, 0.05) is 17.0 Å². The molecule has 0 aliphatic heterocycles. The summed E-state index contributed by atoms with van der Waals surface area (Å²) in [6.45, 7) is 1.22. The minimum atomic E-state index is -5.12. The second kappa shape index (κ2) is 7.57. The average molecular weight is 483 g/mol. The monoisotopic (exact) mass is 482 g/mol. The molecule has 0 spiro atoms. The Balaban J connectivity index is 2.68. The molecule has 0 saturated carbocycles. The van der Waals surface area contributed by atoms with Crippen LogP contribution in [0.5, 0.6) is 0 Å². The van der Waals surface area contributed by atoms with Crippen molar-refractivity contribution < 1.29 is 44.8 Å². The van der Waals surface area contributed by atoms with Crippen molar-refractivity contribution in [1.82, 2.24) is 4.98 Å². The van der Waals surface area contributed by atoms with Gasteiger partial charge in [0.25, 0.3) is 5.69 Å². The number of nitrogens with one attached hydrogen (secondary N) is 1. The summed E-state index contributed by atoms with van der Waals surface area (Å²) in [6.07, 6.45) is -10.7. The van der Waals surface area contributed by atoms with E-state index in [-0.39, 0.29) is 5.39 Å². The number of halogens is 7. The third-order valence-electron chi connectivity index (χ3n) is 4.25. The van der Waals surface area contributed by atoms with E-state index in [0.29, 0.717) is 12.1 Å². The van der Waals surface area contributed by atoms with E-state index in [1.54, 1.807) is 0 Å². The fourth-order valence-electron chi connectivity index (χ4n) is 2.91. The van der Waals surface area contributed by atoms with Gasteiger partial charge in [-0.25, -0.2) is 8.42 Å². The Labute approximate surface area is 169 Å². The maximum atomic E-state index is 13.1. The number of sulfone groups is 1. The van der Waals surface area contributed by atoms with Gasteiger partial charge in [-0.2, -0.15) is 26.3 Å². The first-order chi connectivity index (χ1) is 13.4. The molecule has 1 atom stereocenters. The Hall–Kier alpha value is -2.06. The Morgan fingerprint density at radius 1 is 1.17 bits per heavy atom. The number of benzene rings is 1. The summed E-state index contributed by atoms with van der Waals surface area (Å²) in [4.78, 5) is 12.0. The predicted octanol–water partition coefficient (Wildman–Crippen LogP) is 4.32. The minimum Gasteiger partial charge on any atom is -0.383 e. The van der Waals surface area contributed by atoms with Gasteiger partial charge in [0.2, 0.25) is 0 Å². The first kappa shape index (κ1) is 24.2. The van der Waals surface area contributed by atoms with E-state index in [9.17, 15) is 50.0 Å². The molecule has 0 amide bonds. The van der Waals surface area contributed by atoms with Gasteiger partial charge in [-0.05, 0) is 12.5 Å². The van der Waals surface area contributed by atoms with Crippen molar-refractivity contribution in [2.24, 2.45) is 0 Å². The highest BCUT2D eigenvalue weighted by atomic mass is 35.5. The zero-order valence-corrected chi connectivity index (χ0v) is 16.4. The molecule has 0 fully saturated rings. The molecule has 1 heterocycles. The van der Waals surface area contributed by atoms with E-state index >= 15 is 0 Å². The number of nitrogens with zero attached hydrogens (tertiary/aromatic N) is 1. The summed E-state index contributed by atoms with van der Waals surface area (Å²) in [5.74, 6) is -3.67. The van der Waals surface area contributed by atoms with Gasteiger partial charge in [-0.1, -0.05) is 18.5 Å². The smallest absolute Gasteiger partial charge is 0.383 e. The van der Waals surface area contributed by atoms with Gasteiger partial charge in [0.05, 0.1) is 21.4 Å². The van der Waals surface area contributed by atoms with Crippen LogP contribution in [-0.4, -0.2) is 41.1 Å². The van der Waals surface area contributed by atoms with Gasteiger partial charge >= 0.3 is 12.4 Å². The second-order valence-electron chi connectivity index (χ2n) is 6.52. The zero-order chi connectivity index (χ0) is 23.3. The molecule has 168 valence electrons. The Kier molecular flexibility index (Phi) is 6.11. The summed E-state index contributed by atoms with van der Waals surface area (Å²) in [5.41, 5.74) is -6.48. The molecular weight excluding hydrogens is 470 g/mol. The second-order valence-corrected chi connectivity index (χ2v) is 8.96. The summed E-state index contributed by atoms with van der Waals surface area (Å²) < 4.78 is 101. The molecule has 2 rings (SSSR count). The largest absolute Gasteiger partial charge is 0.423 e. The topological polar surface area (TPSA) is 113 Å². The van der Waals surface area contributed by atoms with Gasteiger partial charge in [-0.15, -0.1) is 0 Å².